The molecule has 1 atom stereocenters. The Hall–Kier alpha value is -4.00. The Morgan fingerprint density at radius 3 is 2.53 bits per heavy atom. The second-order valence-corrected chi connectivity index (χ2v) is 8.47. The fourth-order valence-corrected chi connectivity index (χ4v) is 4.31. The standard InChI is InChI=1S/C27H26FN5O/c28-21-13-15-22(16-14-21)30-27(34)25(19-8-3-1-4-9-19)29-23-11-7-10-20(18-23)26-32-31-24-12-5-2-6-17-33(24)26/h1,3-4,7-11,13-16,18,25,29H,2,5-6,12,17H2,(H,30,34)/t25-/m0/s1. The van der Waals surface area contributed by atoms with Crippen molar-refractivity contribution < 1.29 is 9.18 Å². The molecule has 1 aliphatic heterocycles. The predicted octanol–water partition coefficient (Wildman–Crippen LogP) is 5.60. The van der Waals surface area contributed by atoms with Crippen LogP contribution in [0, 0.1) is 5.82 Å². The molecule has 3 aromatic carbocycles. The molecule has 1 amide bonds. The van der Waals surface area contributed by atoms with Crippen molar-refractivity contribution in [3.63, 3.8) is 0 Å². The summed E-state index contributed by atoms with van der Waals surface area (Å²) in [4.78, 5) is 13.3. The van der Waals surface area contributed by atoms with Crippen LogP contribution in [0.3, 0.4) is 0 Å². The van der Waals surface area contributed by atoms with Gasteiger partial charge in [-0.3, -0.25) is 4.79 Å². The Morgan fingerprint density at radius 1 is 0.882 bits per heavy atom. The molecule has 0 saturated heterocycles. The molecule has 7 heteroatoms. The fraction of sp³-hybridized carbons (Fsp3) is 0.222. The van der Waals surface area contributed by atoms with Gasteiger partial charge >= 0.3 is 0 Å². The summed E-state index contributed by atoms with van der Waals surface area (Å²) in [5, 5.41) is 15.1. The van der Waals surface area contributed by atoms with Crippen LogP contribution >= 0.6 is 0 Å². The van der Waals surface area contributed by atoms with Crippen LogP contribution in [0.4, 0.5) is 15.8 Å². The topological polar surface area (TPSA) is 71.8 Å². The summed E-state index contributed by atoms with van der Waals surface area (Å²) >= 11 is 0. The van der Waals surface area contributed by atoms with Crippen molar-refractivity contribution >= 4 is 17.3 Å². The average Bonchev–Trinajstić information content (AvgIpc) is 3.12. The second-order valence-electron chi connectivity index (χ2n) is 8.47. The highest BCUT2D eigenvalue weighted by Gasteiger charge is 2.22. The van der Waals surface area contributed by atoms with Gasteiger partial charge in [-0.05, 0) is 54.8 Å². The Bertz CT molecular complexity index is 1270. The molecule has 0 fully saturated rings. The number of nitrogens with zero attached hydrogens (tertiary/aromatic N) is 3. The minimum Gasteiger partial charge on any atom is -0.370 e. The van der Waals surface area contributed by atoms with Crippen molar-refractivity contribution in [2.24, 2.45) is 0 Å². The van der Waals surface area contributed by atoms with Gasteiger partial charge in [0.25, 0.3) is 5.91 Å². The Labute approximate surface area is 197 Å². The lowest BCUT2D eigenvalue weighted by molar-refractivity contribution is -0.117. The van der Waals surface area contributed by atoms with Crippen molar-refractivity contribution in [3.05, 3.63) is 96.1 Å². The summed E-state index contributed by atoms with van der Waals surface area (Å²) in [6.45, 7) is 0.919. The minimum absolute atomic E-state index is 0.237. The largest absolute Gasteiger partial charge is 0.370 e. The van der Waals surface area contributed by atoms with E-state index in [9.17, 15) is 9.18 Å². The Kier molecular flexibility index (Phi) is 6.33. The molecule has 0 bridgehead atoms. The normalized spacial score (nSPS) is 14.0. The van der Waals surface area contributed by atoms with Crippen LogP contribution in [0.25, 0.3) is 11.4 Å². The molecular formula is C27H26FN5O. The molecular weight excluding hydrogens is 429 g/mol. The molecule has 0 saturated carbocycles. The lowest BCUT2D eigenvalue weighted by Gasteiger charge is -2.20. The fourth-order valence-electron chi connectivity index (χ4n) is 4.31. The molecule has 0 unspecified atom stereocenters. The second kappa shape index (κ2) is 9.87. The lowest BCUT2D eigenvalue weighted by Crippen LogP contribution is -2.27. The van der Waals surface area contributed by atoms with Gasteiger partial charge in [0.05, 0.1) is 0 Å². The smallest absolute Gasteiger partial charge is 0.251 e. The number of aromatic nitrogens is 3. The van der Waals surface area contributed by atoms with E-state index >= 15 is 0 Å². The van der Waals surface area contributed by atoms with E-state index in [0.29, 0.717) is 5.69 Å². The number of amides is 1. The van der Waals surface area contributed by atoms with Crippen molar-refractivity contribution in [1.82, 2.24) is 14.8 Å². The highest BCUT2D eigenvalue weighted by atomic mass is 19.1. The number of benzene rings is 3. The van der Waals surface area contributed by atoms with E-state index < -0.39 is 6.04 Å². The number of nitrogens with one attached hydrogen (secondary N) is 2. The first kappa shape index (κ1) is 21.8. The van der Waals surface area contributed by atoms with Crippen LogP contribution in [-0.4, -0.2) is 20.7 Å². The van der Waals surface area contributed by atoms with Crippen LogP contribution in [0.5, 0.6) is 0 Å². The highest BCUT2D eigenvalue weighted by Crippen LogP contribution is 2.27. The molecule has 1 aromatic heterocycles. The zero-order chi connectivity index (χ0) is 23.3. The maximum absolute atomic E-state index is 13.3. The summed E-state index contributed by atoms with van der Waals surface area (Å²) in [7, 11) is 0. The van der Waals surface area contributed by atoms with Crippen molar-refractivity contribution in [2.75, 3.05) is 10.6 Å². The first-order valence-electron chi connectivity index (χ1n) is 11.6. The van der Waals surface area contributed by atoms with Crippen LogP contribution in [0.2, 0.25) is 0 Å². The van der Waals surface area contributed by atoms with Crippen LogP contribution < -0.4 is 10.6 Å². The number of fused-ring (bicyclic) bond motifs is 1. The third-order valence-electron chi connectivity index (χ3n) is 6.05. The van der Waals surface area contributed by atoms with Crippen LogP contribution in [0.15, 0.2) is 78.9 Å². The molecule has 0 radical (unpaired) electrons. The van der Waals surface area contributed by atoms with E-state index in [2.05, 4.69) is 25.4 Å². The number of hydrogen-bond acceptors (Lipinski definition) is 4. The quantitative estimate of drug-likeness (QED) is 0.397. The zero-order valence-electron chi connectivity index (χ0n) is 18.7. The van der Waals surface area contributed by atoms with Gasteiger partial charge in [-0.25, -0.2) is 4.39 Å². The number of anilines is 2. The first-order valence-corrected chi connectivity index (χ1v) is 11.6. The number of carbonyl (C=O) groups is 1. The number of aryl methyl sites for hydroxylation is 1. The number of carbonyl (C=O) groups excluding carboxylic acids is 1. The van der Waals surface area contributed by atoms with E-state index in [0.717, 1.165) is 54.3 Å². The minimum atomic E-state index is -0.642. The molecule has 2 heterocycles. The van der Waals surface area contributed by atoms with Gasteiger partial charge in [-0.2, -0.15) is 0 Å². The maximum Gasteiger partial charge on any atom is 0.251 e. The molecule has 0 aliphatic carbocycles. The van der Waals surface area contributed by atoms with Crippen LogP contribution in [-0.2, 0) is 17.8 Å². The predicted molar refractivity (Wildman–Crippen MR) is 131 cm³/mol. The summed E-state index contributed by atoms with van der Waals surface area (Å²) in [5.74, 6) is 1.30. The molecule has 0 spiro atoms. The highest BCUT2D eigenvalue weighted by molar-refractivity contribution is 5.97. The molecule has 2 N–H and O–H groups in total. The summed E-state index contributed by atoms with van der Waals surface area (Å²) in [5.41, 5.74) is 3.11. The number of halogens is 1. The summed E-state index contributed by atoms with van der Waals surface area (Å²) in [6, 6.07) is 22.5. The third-order valence-corrected chi connectivity index (χ3v) is 6.05. The molecule has 34 heavy (non-hydrogen) atoms. The first-order chi connectivity index (χ1) is 16.7. The monoisotopic (exact) mass is 455 g/mol. The molecule has 172 valence electrons. The molecule has 1 aliphatic rings. The summed E-state index contributed by atoms with van der Waals surface area (Å²) < 4.78 is 15.5. The lowest BCUT2D eigenvalue weighted by atomic mass is 10.0. The third kappa shape index (κ3) is 4.83. The maximum atomic E-state index is 13.3. The molecule has 4 aromatic rings. The molecule has 5 rings (SSSR count). The number of rotatable bonds is 6. The Balaban J connectivity index is 1.42. The van der Waals surface area contributed by atoms with Gasteiger partial charge in [-0.1, -0.05) is 48.9 Å². The van der Waals surface area contributed by atoms with Gasteiger partial charge < -0.3 is 15.2 Å². The van der Waals surface area contributed by atoms with Crippen molar-refractivity contribution in [1.29, 1.82) is 0 Å². The Morgan fingerprint density at radius 2 is 1.71 bits per heavy atom. The van der Waals surface area contributed by atoms with Gasteiger partial charge in [0.1, 0.15) is 17.7 Å². The van der Waals surface area contributed by atoms with E-state index in [4.69, 9.17) is 0 Å². The van der Waals surface area contributed by atoms with Gasteiger partial charge in [-0.15, -0.1) is 10.2 Å². The SMILES string of the molecule is O=C(Nc1ccc(F)cc1)[C@@H](Nc1cccc(-c2nnc3n2CCCCC3)c1)c1ccccc1. The van der Waals surface area contributed by atoms with E-state index in [1.54, 1.807) is 12.1 Å². The molecule has 6 nitrogen and oxygen atoms in total. The summed E-state index contributed by atoms with van der Waals surface area (Å²) in [6.07, 6.45) is 4.41. The van der Waals surface area contributed by atoms with E-state index in [1.807, 2.05) is 54.6 Å². The van der Waals surface area contributed by atoms with Gasteiger partial charge in [0.15, 0.2) is 5.82 Å². The van der Waals surface area contributed by atoms with Gasteiger partial charge in [0, 0.05) is 29.9 Å². The van der Waals surface area contributed by atoms with E-state index in [1.165, 1.54) is 18.6 Å². The van der Waals surface area contributed by atoms with Crippen LogP contribution in [0.1, 0.15) is 36.7 Å². The van der Waals surface area contributed by atoms with Crippen molar-refractivity contribution in [2.45, 2.75) is 38.3 Å². The van der Waals surface area contributed by atoms with E-state index in [-0.39, 0.29) is 11.7 Å². The number of hydrogen-bond donors (Lipinski definition) is 2. The average molecular weight is 456 g/mol. The van der Waals surface area contributed by atoms with Gasteiger partial charge in [0.2, 0.25) is 0 Å². The van der Waals surface area contributed by atoms with Crippen molar-refractivity contribution in [3.8, 4) is 11.4 Å². The zero-order valence-corrected chi connectivity index (χ0v) is 18.7.